The van der Waals surface area contributed by atoms with Crippen LogP contribution in [-0.2, 0) is 0 Å². The van der Waals surface area contributed by atoms with Crippen LogP contribution in [0.25, 0.3) is 11.5 Å². The maximum absolute atomic E-state index is 4.89. The zero-order valence-electron chi connectivity index (χ0n) is 7.06. The average Bonchev–Trinajstić information content (AvgIpc) is 2.71. The van der Waals surface area contributed by atoms with E-state index >= 15 is 0 Å². The Labute approximate surface area is 74.8 Å². The van der Waals surface area contributed by atoms with Crippen LogP contribution in [0.5, 0.6) is 6.01 Å². The summed E-state index contributed by atoms with van der Waals surface area (Å²) in [5.74, 6) is 0.709. The van der Waals surface area contributed by atoms with E-state index < -0.39 is 0 Å². The van der Waals surface area contributed by atoms with Gasteiger partial charge in [-0.25, -0.2) is 9.97 Å². The van der Waals surface area contributed by atoms with Crippen LogP contribution in [0.1, 0.15) is 0 Å². The van der Waals surface area contributed by atoms with Crippen molar-refractivity contribution < 1.29 is 4.74 Å². The standard InChI is InChI=1S/C8H8N4O/c1-13-8-11-3-2-6(12-8)7-9-4-5-10-7/h2-5H,1H3,(H,9,10). The molecular formula is C8H8N4O. The zero-order valence-corrected chi connectivity index (χ0v) is 7.06. The van der Waals surface area contributed by atoms with E-state index in [1.54, 1.807) is 24.7 Å². The van der Waals surface area contributed by atoms with Crippen molar-refractivity contribution in [2.45, 2.75) is 0 Å². The third-order valence-corrected chi connectivity index (χ3v) is 1.56. The summed E-state index contributed by atoms with van der Waals surface area (Å²) in [7, 11) is 1.53. The fourth-order valence-corrected chi connectivity index (χ4v) is 0.976. The molecule has 13 heavy (non-hydrogen) atoms. The van der Waals surface area contributed by atoms with Crippen molar-refractivity contribution in [3.8, 4) is 17.5 Å². The second kappa shape index (κ2) is 3.22. The summed E-state index contributed by atoms with van der Waals surface area (Å²) in [6.45, 7) is 0. The third kappa shape index (κ3) is 1.48. The van der Waals surface area contributed by atoms with E-state index in [1.165, 1.54) is 7.11 Å². The molecule has 0 amide bonds. The van der Waals surface area contributed by atoms with Gasteiger partial charge in [0.05, 0.1) is 7.11 Å². The van der Waals surface area contributed by atoms with Gasteiger partial charge in [0.15, 0.2) is 5.82 Å². The molecule has 2 aromatic rings. The summed E-state index contributed by atoms with van der Waals surface area (Å²) in [6.07, 6.45) is 5.04. The highest BCUT2D eigenvalue weighted by Crippen LogP contribution is 2.12. The SMILES string of the molecule is COc1nccc(-c2ncc[nH]2)n1. The van der Waals surface area contributed by atoms with E-state index in [4.69, 9.17) is 4.74 Å². The van der Waals surface area contributed by atoms with Gasteiger partial charge in [-0.1, -0.05) is 0 Å². The van der Waals surface area contributed by atoms with Crippen molar-refractivity contribution >= 4 is 0 Å². The van der Waals surface area contributed by atoms with Crippen LogP contribution >= 0.6 is 0 Å². The van der Waals surface area contributed by atoms with Gasteiger partial charge in [0.1, 0.15) is 5.69 Å². The fraction of sp³-hybridized carbons (Fsp3) is 0.125. The van der Waals surface area contributed by atoms with Gasteiger partial charge in [0.2, 0.25) is 0 Å². The quantitative estimate of drug-likeness (QED) is 0.737. The first-order valence-electron chi connectivity index (χ1n) is 3.77. The Kier molecular flexibility index (Phi) is 1.91. The summed E-state index contributed by atoms with van der Waals surface area (Å²) in [5, 5.41) is 0. The molecule has 1 N–H and O–H groups in total. The van der Waals surface area contributed by atoms with Crippen molar-refractivity contribution in [3.63, 3.8) is 0 Å². The van der Waals surface area contributed by atoms with Gasteiger partial charge in [-0.2, -0.15) is 4.98 Å². The Morgan fingerprint density at radius 3 is 2.92 bits per heavy atom. The number of nitrogens with zero attached hydrogens (tertiary/aromatic N) is 3. The Bertz CT molecular complexity index is 385. The lowest BCUT2D eigenvalue weighted by atomic mass is 10.4. The second-order valence-corrected chi connectivity index (χ2v) is 2.37. The zero-order chi connectivity index (χ0) is 9.10. The Hall–Kier alpha value is -1.91. The molecule has 2 aromatic heterocycles. The molecule has 0 fully saturated rings. The molecule has 0 saturated heterocycles. The van der Waals surface area contributed by atoms with Crippen molar-refractivity contribution in [1.82, 2.24) is 19.9 Å². The number of imidazole rings is 1. The molecule has 5 heteroatoms. The van der Waals surface area contributed by atoms with Gasteiger partial charge < -0.3 is 9.72 Å². The first-order valence-corrected chi connectivity index (χ1v) is 3.77. The summed E-state index contributed by atoms with van der Waals surface area (Å²) in [4.78, 5) is 15.0. The highest BCUT2D eigenvalue weighted by Gasteiger charge is 2.02. The first kappa shape index (κ1) is 7.72. The van der Waals surface area contributed by atoms with E-state index in [9.17, 15) is 0 Å². The van der Waals surface area contributed by atoms with Crippen molar-refractivity contribution in [2.75, 3.05) is 7.11 Å². The minimum Gasteiger partial charge on any atom is -0.467 e. The number of H-pyrrole nitrogens is 1. The molecule has 0 spiro atoms. The lowest BCUT2D eigenvalue weighted by molar-refractivity contribution is 0.380. The topological polar surface area (TPSA) is 63.7 Å². The summed E-state index contributed by atoms with van der Waals surface area (Å²) < 4.78 is 4.89. The predicted octanol–water partition coefficient (Wildman–Crippen LogP) is 0.875. The molecule has 0 bridgehead atoms. The van der Waals surface area contributed by atoms with Crippen LogP contribution < -0.4 is 4.74 Å². The van der Waals surface area contributed by atoms with Crippen LogP contribution in [0.4, 0.5) is 0 Å². The second-order valence-electron chi connectivity index (χ2n) is 2.37. The number of aromatic amines is 1. The van der Waals surface area contributed by atoms with E-state index in [0.717, 1.165) is 5.69 Å². The smallest absolute Gasteiger partial charge is 0.316 e. The summed E-state index contributed by atoms with van der Waals surface area (Å²) >= 11 is 0. The molecule has 0 atom stereocenters. The number of methoxy groups -OCH3 is 1. The molecule has 0 aliphatic heterocycles. The van der Waals surface area contributed by atoms with E-state index in [0.29, 0.717) is 11.8 Å². The number of rotatable bonds is 2. The third-order valence-electron chi connectivity index (χ3n) is 1.56. The maximum Gasteiger partial charge on any atom is 0.316 e. The molecule has 2 rings (SSSR count). The van der Waals surface area contributed by atoms with Crippen LogP contribution in [0.15, 0.2) is 24.7 Å². The molecule has 0 aliphatic rings. The van der Waals surface area contributed by atoms with E-state index in [2.05, 4.69) is 19.9 Å². The molecule has 5 nitrogen and oxygen atoms in total. The molecule has 0 aliphatic carbocycles. The van der Waals surface area contributed by atoms with Crippen LogP contribution in [-0.4, -0.2) is 27.0 Å². The minimum absolute atomic E-state index is 0.342. The van der Waals surface area contributed by atoms with Gasteiger partial charge in [-0.05, 0) is 6.07 Å². The van der Waals surface area contributed by atoms with Crippen molar-refractivity contribution in [1.29, 1.82) is 0 Å². The number of hydrogen-bond donors (Lipinski definition) is 1. The fourth-order valence-electron chi connectivity index (χ4n) is 0.976. The normalized spacial score (nSPS) is 9.92. The number of aromatic nitrogens is 4. The van der Waals surface area contributed by atoms with E-state index in [1.807, 2.05) is 0 Å². The molecule has 0 aromatic carbocycles. The highest BCUT2D eigenvalue weighted by atomic mass is 16.5. The van der Waals surface area contributed by atoms with Gasteiger partial charge in [0, 0.05) is 18.6 Å². The van der Waals surface area contributed by atoms with Crippen LogP contribution in [0.2, 0.25) is 0 Å². The summed E-state index contributed by atoms with van der Waals surface area (Å²) in [6, 6.07) is 2.11. The molecule has 0 radical (unpaired) electrons. The Morgan fingerprint density at radius 1 is 1.31 bits per heavy atom. The lowest BCUT2D eigenvalue weighted by Crippen LogP contribution is -1.93. The van der Waals surface area contributed by atoms with E-state index in [-0.39, 0.29) is 0 Å². The van der Waals surface area contributed by atoms with Crippen LogP contribution in [0, 0.1) is 0 Å². The number of nitrogens with one attached hydrogen (secondary N) is 1. The molecule has 2 heterocycles. The molecule has 0 unspecified atom stereocenters. The van der Waals surface area contributed by atoms with Crippen LogP contribution in [0.3, 0.4) is 0 Å². The Balaban J connectivity index is 2.41. The van der Waals surface area contributed by atoms with Gasteiger partial charge >= 0.3 is 6.01 Å². The molecule has 0 saturated carbocycles. The Morgan fingerprint density at radius 2 is 2.23 bits per heavy atom. The van der Waals surface area contributed by atoms with Crippen molar-refractivity contribution in [3.05, 3.63) is 24.7 Å². The molecule has 66 valence electrons. The van der Waals surface area contributed by atoms with Gasteiger partial charge in [-0.15, -0.1) is 0 Å². The predicted molar refractivity (Wildman–Crippen MR) is 46.2 cm³/mol. The summed E-state index contributed by atoms with van der Waals surface area (Å²) in [5.41, 5.74) is 0.719. The lowest BCUT2D eigenvalue weighted by Gasteiger charge is -1.98. The van der Waals surface area contributed by atoms with Gasteiger partial charge in [-0.3, -0.25) is 0 Å². The number of ether oxygens (including phenoxy) is 1. The molecular weight excluding hydrogens is 168 g/mol. The largest absolute Gasteiger partial charge is 0.467 e. The van der Waals surface area contributed by atoms with Gasteiger partial charge in [0.25, 0.3) is 0 Å². The first-order chi connectivity index (χ1) is 6.40. The number of hydrogen-bond acceptors (Lipinski definition) is 4. The van der Waals surface area contributed by atoms with Crippen molar-refractivity contribution in [2.24, 2.45) is 0 Å². The maximum atomic E-state index is 4.89. The minimum atomic E-state index is 0.342. The highest BCUT2D eigenvalue weighted by molar-refractivity contribution is 5.48. The monoisotopic (exact) mass is 176 g/mol. The average molecular weight is 176 g/mol.